The Kier molecular flexibility index (Phi) is 4.88. The van der Waals surface area contributed by atoms with Crippen LogP contribution in [0, 0.1) is 0 Å². The van der Waals surface area contributed by atoms with Crippen LogP contribution in [0.15, 0.2) is 67.3 Å². The van der Waals surface area contributed by atoms with Crippen LogP contribution in [0.4, 0.5) is 19.1 Å². The van der Waals surface area contributed by atoms with Crippen LogP contribution in [0.1, 0.15) is 18.5 Å². The summed E-state index contributed by atoms with van der Waals surface area (Å²) < 4.78 is 43.6. The van der Waals surface area contributed by atoms with Crippen LogP contribution in [0.5, 0.6) is 0 Å². The van der Waals surface area contributed by atoms with E-state index in [0.29, 0.717) is 23.4 Å². The van der Waals surface area contributed by atoms with Crippen molar-refractivity contribution in [1.82, 2.24) is 34.2 Å². The van der Waals surface area contributed by atoms with Crippen molar-refractivity contribution in [3.05, 3.63) is 72.8 Å². The number of hydrogen-bond donors (Lipinski definition) is 1. The van der Waals surface area contributed by atoms with Gasteiger partial charge >= 0.3 is 6.18 Å². The molecule has 0 aliphatic carbocycles. The van der Waals surface area contributed by atoms with E-state index in [0.717, 1.165) is 28.3 Å². The predicted octanol–water partition coefficient (Wildman–Crippen LogP) is 4.21. The van der Waals surface area contributed by atoms with Gasteiger partial charge < -0.3 is 5.73 Å². The number of benzene rings is 1. The number of halogens is 3. The van der Waals surface area contributed by atoms with Crippen molar-refractivity contribution in [1.29, 1.82) is 0 Å². The second-order valence-corrected chi connectivity index (χ2v) is 7.71. The van der Waals surface area contributed by atoms with Gasteiger partial charge in [-0.05, 0) is 30.2 Å². The molecule has 0 bridgehead atoms. The summed E-state index contributed by atoms with van der Waals surface area (Å²) in [5.41, 5.74) is 9.95. The maximum absolute atomic E-state index is 13.1. The summed E-state index contributed by atoms with van der Waals surface area (Å²) in [6, 6.07) is 11.8. The van der Waals surface area contributed by atoms with E-state index in [2.05, 4.69) is 20.3 Å². The number of hydrogen-bond acceptors (Lipinski definition) is 5. The number of nitrogens with zero attached hydrogens (tertiary/aromatic N) is 7. The van der Waals surface area contributed by atoms with Crippen molar-refractivity contribution in [3.8, 4) is 22.4 Å². The van der Waals surface area contributed by atoms with Crippen LogP contribution in [-0.2, 0) is 6.54 Å². The van der Waals surface area contributed by atoms with E-state index in [-0.39, 0.29) is 5.95 Å². The van der Waals surface area contributed by atoms with Crippen molar-refractivity contribution >= 4 is 11.6 Å². The maximum Gasteiger partial charge on any atom is 0.410 e. The highest BCUT2D eigenvalue weighted by Gasteiger charge is 2.38. The van der Waals surface area contributed by atoms with E-state index in [1.807, 2.05) is 47.3 Å². The van der Waals surface area contributed by atoms with Crippen molar-refractivity contribution in [2.75, 3.05) is 5.73 Å². The molecule has 0 aliphatic heterocycles. The third-order valence-electron chi connectivity index (χ3n) is 5.38. The summed E-state index contributed by atoms with van der Waals surface area (Å²) in [4.78, 5) is 4.24. The third kappa shape index (κ3) is 4.04. The molecule has 0 spiro atoms. The van der Waals surface area contributed by atoms with Gasteiger partial charge in [0.15, 0.2) is 5.65 Å². The van der Waals surface area contributed by atoms with Gasteiger partial charge in [-0.25, -0.2) is 4.52 Å². The topological polar surface area (TPSA) is 91.8 Å². The molecule has 4 aromatic heterocycles. The molecule has 1 aromatic carbocycles. The van der Waals surface area contributed by atoms with Crippen LogP contribution in [0.3, 0.4) is 0 Å². The molecule has 0 amide bonds. The molecule has 0 fully saturated rings. The second kappa shape index (κ2) is 7.76. The summed E-state index contributed by atoms with van der Waals surface area (Å²) in [6.45, 7) is 1.66. The lowest BCUT2D eigenvalue weighted by Gasteiger charge is -2.15. The maximum atomic E-state index is 13.1. The Hall–Kier alpha value is -4.15. The van der Waals surface area contributed by atoms with Crippen LogP contribution < -0.4 is 5.73 Å². The number of anilines is 1. The first-order valence-corrected chi connectivity index (χ1v) is 10.1. The number of rotatable bonds is 5. The number of alkyl halides is 3. The second-order valence-electron chi connectivity index (χ2n) is 7.71. The molecule has 33 heavy (non-hydrogen) atoms. The zero-order valence-electron chi connectivity index (χ0n) is 17.5. The highest BCUT2D eigenvalue weighted by Crippen LogP contribution is 2.32. The zero-order chi connectivity index (χ0) is 23.2. The molecule has 5 rings (SSSR count). The van der Waals surface area contributed by atoms with Crippen LogP contribution in [0.2, 0.25) is 0 Å². The Morgan fingerprint density at radius 2 is 1.73 bits per heavy atom. The lowest BCUT2D eigenvalue weighted by atomic mass is 10.1. The van der Waals surface area contributed by atoms with Gasteiger partial charge in [-0.3, -0.25) is 9.36 Å². The van der Waals surface area contributed by atoms with E-state index in [4.69, 9.17) is 5.73 Å². The molecule has 1 unspecified atom stereocenters. The fraction of sp³-hybridized carbons (Fsp3) is 0.182. The van der Waals surface area contributed by atoms with Gasteiger partial charge in [0.25, 0.3) is 0 Å². The fourth-order valence-corrected chi connectivity index (χ4v) is 3.57. The van der Waals surface area contributed by atoms with E-state index in [1.54, 1.807) is 12.3 Å². The van der Waals surface area contributed by atoms with E-state index < -0.39 is 12.2 Å². The lowest BCUT2D eigenvalue weighted by Crippen LogP contribution is -2.23. The van der Waals surface area contributed by atoms with E-state index in [1.165, 1.54) is 16.9 Å². The van der Waals surface area contributed by atoms with E-state index in [9.17, 15) is 13.2 Å². The Labute approximate surface area is 186 Å². The highest BCUT2D eigenvalue weighted by molar-refractivity contribution is 5.74. The normalized spacial score (nSPS) is 13.0. The minimum Gasteiger partial charge on any atom is -0.366 e. The number of fused-ring (bicyclic) bond motifs is 1. The lowest BCUT2D eigenvalue weighted by molar-refractivity contribution is -0.165. The monoisotopic (exact) mass is 452 g/mol. The third-order valence-corrected chi connectivity index (χ3v) is 5.38. The van der Waals surface area contributed by atoms with Crippen molar-refractivity contribution in [2.24, 2.45) is 0 Å². The molecule has 168 valence electrons. The largest absolute Gasteiger partial charge is 0.410 e. The van der Waals surface area contributed by atoms with Crippen molar-refractivity contribution in [2.45, 2.75) is 25.7 Å². The molecule has 0 saturated carbocycles. The van der Waals surface area contributed by atoms with Gasteiger partial charge in [-0.2, -0.15) is 28.4 Å². The molecule has 0 saturated heterocycles. The van der Waals surface area contributed by atoms with Gasteiger partial charge in [-0.1, -0.05) is 30.3 Å². The first kappa shape index (κ1) is 20.7. The average Bonchev–Trinajstić information content (AvgIpc) is 3.51. The predicted molar refractivity (Wildman–Crippen MR) is 116 cm³/mol. The smallest absolute Gasteiger partial charge is 0.366 e. The Balaban J connectivity index is 1.54. The number of aromatic nitrogens is 7. The summed E-state index contributed by atoms with van der Waals surface area (Å²) in [5, 5.41) is 12.5. The number of pyridine rings is 1. The highest BCUT2D eigenvalue weighted by atomic mass is 19.4. The minimum absolute atomic E-state index is 0.0595. The molecule has 8 nitrogen and oxygen atoms in total. The molecular formula is C22H19F3N8. The molecule has 0 aliphatic rings. The Morgan fingerprint density at radius 3 is 2.48 bits per heavy atom. The molecule has 2 N–H and O–H groups in total. The SMILES string of the molecule is CC(n1cc(-c2cc(-c3cnn(Cc4ccccc4)c3)cc3nc(N)nn23)cn1)C(F)(F)F. The summed E-state index contributed by atoms with van der Waals surface area (Å²) in [5.74, 6) is 0.0595. The van der Waals surface area contributed by atoms with Gasteiger partial charge in [0.2, 0.25) is 5.95 Å². The first-order chi connectivity index (χ1) is 15.8. The molecule has 0 radical (unpaired) electrons. The van der Waals surface area contributed by atoms with Gasteiger partial charge in [0.1, 0.15) is 6.04 Å². The number of nitrogen functional groups attached to an aromatic ring is 1. The summed E-state index contributed by atoms with van der Waals surface area (Å²) in [6.07, 6.45) is 1.93. The fourth-order valence-electron chi connectivity index (χ4n) is 3.57. The quantitative estimate of drug-likeness (QED) is 0.431. The van der Waals surface area contributed by atoms with E-state index >= 15 is 0 Å². The molecule has 11 heteroatoms. The summed E-state index contributed by atoms with van der Waals surface area (Å²) in [7, 11) is 0. The van der Waals surface area contributed by atoms with Crippen molar-refractivity contribution < 1.29 is 13.2 Å². The van der Waals surface area contributed by atoms with Gasteiger partial charge in [0, 0.05) is 23.5 Å². The zero-order valence-corrected chi connectivity index (χ0v) is 17.5. The van der Waals surface area contributed by atoms with Crippen LogP contribution in [0.25, 0.3) is 28.0 Å². The Bertz CT molecular complexity index is 1410. The van der Waals surface area contributed by atoms with Crippen molar-refractivity contribution in [3.63, 3.8) is 0 Å². The minimum atomic E-state index is -4.41. The summed E-state index contributed by atoms with van der Waals surface area (Å²) >= 11 is 0. The molecule has 5 aromatic rings. The van der Waals surface area contributed by atoms with Gasteiger partial charge in [-0.15, -0.1) is 5.10 Å². The molecule has 1 atom stereocenters. The Morgan fingerprint density at radius 1 is 0.970 bits per heavy atom. The standard InChI is InChI=1S/C22H19F3N8/c1-14(22(23,24)25)32-13-18(10-28-32)19-7-16(8-20-29-21(26)30-33(19)20)17-9-27-31(12-17)11-15-5-3-2-4-6-15/h2-10,12-14H,11H2,1H3,(H2,26,30). The first-order valence-electron chi connectivity index (χ1n) is 10.1. The number of nitrogens with two attached hydrogens (primary N) is 1. The average molecular weight is 452 g/mol. The van der Waals surface area contributed by atoms with Crippen LogP contribution >= 0.6 is 0 Å². The molecular weight excluding hydrogens is 433 g/mol. The van der Waals surface area contributed by atoms with Crippen LogP contribution in [-0.4, -0.2) is 40.3 Å². The van der Waals surface area contributed by atoms with Gasteiger partial charge in [0.05, 0.1) is 24.6 Å². The molecule has 4 heterocycles.